The molecule has 158 valence electrons. The van der Waals surface area contributed by atoms with E-state index in [1.165, 1.54) is 24.5 Å². The maximum Gasteiger partial charge on any atom is 0.350 e. The second-order valence-electron chi connectivity index (χ2n) is 6.69. The molecule has 0 spiro atoms. The third-order valence-corrected chi connectivity index (χ3v) is 5.57. The fourth-order valence-electron chi connectivity index (χ4n) is 3.15. The number of furan rings is 1. The molecule has 1 amide bonds. The maximum absolute atomic E-state index is 13.6. The monoisotopic (exact) mass is 439 g/mol. The number of carbonyl (C=O) groups is 2. The van der Waals surface area contributed by atoms with Crippen molar-refractivity contribution in [3.8, 4) is 0 Å². The number of thiazole rings is 1. The number of esters is 1. The zero-order chi connectivity index (χ0) is 22.0. The number of hydrogen-bond acceptors (Lipinski definition) is 6. The molecular formula is C22H18FN3O4S. The van der Waals surface area contributed by atoms with Crippen molar-refractivity contribution in [2.24, 2.45) is 0 Å². The van der Waals surface area contributed by atoms with Gasteiger partial charge in [-0.2, -0.15) is 0 Å². The Morgan fingerprint density at radius 3 is 2.97 bits per heavy atom. The van der Waals surface area contributed by atoms with Crippen molar-refractivity contribution in [2.75, 3.05) is 11.9 Å². The second-order valence-corrected chi connectivity index (χ2v) is 7.69. The molecule has 0 aliphatic carbocycles. The van der Waals surface area contributed by atoms with Crippen LogP contribution in [-0.4, -0.2) is 28.0 Å². The van der Waals surface area contributed by atoms with Crippen LogP contribution in [-0.2, 0) is 11.3 Å². The van der Waals surface area contributed by atoms with E-state index in [1.54, 1.807) is 35.8 Å². The molecule has 3 heterocycles. The lowest BCUT2D eigenvalue weighted by molar-refractivity contribution is 0.0554. The Balaban J connectivity index is 1.61. The SMILES string of the molecule is C=CCOC(=O)c1sc(NC(=O)c2cc3occc3n2Cc2cccc(F)c2)nc1C. The number of hydrogen-bond donors (Lipinski definition) is 1. The highest BCUT2D eigenvalue weighted by Crippen LogP contribution is 2.26. The van der Waals surface area contributed by atoms with Gasteiger partial charge in [-0.3, -0.25) is 10.1 Å². The Morgan fingerprint density at radius 2 is 2.19 bits per heavy atom. The molecule has 0 atom stereocenters. The van der Waals surface area contributed by atoms with E-state index in [-0.39, 0.29) is 24.1 Å². The minimum atomic E-state index is -0.526. The van der Waals surface area contributed by atoms with Gasteiger partial charge in [0.2, 0.25) is 0 Å². The maximum atomic E-state index is 13.6. The van der Waals surface area contributed by atoms with Gasteiger partial charge in [-0.15, -0.1) is 0 Å². The first-order valence-electron chi connectivity index (χ1n) is 9.34. The molecule has 0 aliphatic rings. The number of ether oxygens (including phenoxy) is 1. The quantitative estimate of drug-likeness (QED) is 0.331. The van der Waals surface area contributed by atoms with Crippen molar-refractivity contribution in [3.63, 3.8) is 0 Å². The van der Waals surface area contributed by atoms with E-state index in [1.807, 2.05) is 0 Å². The highest BCUT2D eigenvalue weighted by molar-refractivity contribution is 7.17. The largest absolute Gasteiger partial charge is 0.463 e. The van der Waals surface area contributed by atoms with Gasteiger partial charge in [0.1, 0.15) is 23.0 Å². The summed E-state index contributed by atoms with van der Waals surface area (Å²) in [4.78, 5) is 29.7. The van der Waals surface area contributed by atoms with E-state index >= 15 is 0 Å². The molecule has 9 heteroatoms. The van der Waals surface area contributed by atoms with Gasteiger partial charge in [-0.05, 0) is 24.6 Å². The molecule has 4 aromatic rings. The third kappa shape index (κ3) is 4.26. The number of aromatic nitrogens is 2. The normalized spacial score (nSPS) is 10.9. The van der Waals surface area contributed by atoms with Crippen LogP contribution >= 0.6 is 11.3 Å². The number of benzene rings is 1. The average Bonchev–Trinajstić information content (AvgIpc) is 3.42. The Morgan fingerprint density at radius 1 is 1.35 bits per heavy atom. The fourth-order valence-corrected chi connectivity index (χ4v) is 4.01. The first kappa shape index (κ1) is 20.5. The van der Waals surface area contributed by atoms with E-state index in [4.69, 9.17) is 9.15 Å². The number of halogens is 1. The molecule has 4 rings (SSSR count). The number of nitrogens with zero attached hydrogens (tertiary/aromatic N) is 2. The minimum absolute atomic E-state index is 0.0878. The summed E-state index contributed by atoms with van der Waals surface area (Å²) in [5, 5.41) is 2.99. The molecule has 1 N–H and O–H groups in total. The number of nitrogens with one attached hydrogen (secondary N) is 1. The van der Waals surface area contributed by atoms with E-state index in [0.29, 0.717) is 32.9 Å². The summed E-state index contributed by atoms with van der Waals surface area (Å²) in [6.45, 7) is 5.53. The van der Waals surface area contributed by atoms with Crippen LogP contribution in [0, 0.1) is 12.7 Å². The summed E-state index contributed by atoms with van der Waals surface area (Å²) < 4.78 is 25.8. The molecule has 0 bridgehead atoms. The van der Waals surface area contributed by atoms with Gasteiger partial charge in [-0.25, -0.2) is 14.2 Å². The van der Waals surface area contributed by atoms with Gasteiger partial charge < -0.3 is 13.7 Å². The van der Waals surface area contributed by atoms with E-state index < -0.39 is 11.9 Å². The van der Waals surface area contributed by atoms with Gasteiger partial charge in [-0.1, -0.05) is 36.1 Å². The molecule has 0 radical (unpaired) electrons. The van der Waals surface area contributed by atoms with Gasteiger partial charge in [0, 0.05) is 18.7 Å². The predicted molar refractivity (Wildman–Crippen MR) is 115 cm³/mol. The number of fused-ring (bicyclic) bond motifs is 1. The summed E-state index contributed by atoms with van der Waals surface area (Å²) in [7, 11) is 0. The van der Waals surface area contributed by atoms with Crippen LogP contribution in [0.3, 0.4) is 0 Å². The molecule has 0 saturated heterocycles. The highest BCUT2D eigenvalue weighted by atomic mass is 32.1. The van der Waals surface area contributed by atoms with Crippen molar-refractivity contribution in [1.82, 2.24) is 9.55 Å². The molecule has 3 aromatic heterocycles. The first-order chi connectivity index (χ1) is 15.0. The van der Waals surface area contributed by atoms with Crippen molar-refractivity contribution in [2.45, 2.75) is 13.5 Å². The molecule has 0 unspecified atom stereocenters. The van der Waals surface area contributed by atoms with Crippen LogP contribution in [0.4, 0.5) is 9.52 Å². The lowest BCUT2D eigenvalue weighted by Crippen LogP contribution is -2.17. The average molecular weight is 439 g/mol. The third-order valence-electron chi connectivity index (χ3n) is 4.52. The number of anilines is 1. The van der Waals surface area contributed by atoms with E-state index in [2.05, 4.69) is 16.9 Å². The summed E-state index contributed by atoms with van der Waals surface area (Å²) >= 11 is 1.03. The molecule has 31 heavy (non-hydrogen) atoms. The fraction of sp³-hybridized carbons (Fsp3) is 0.136. The first-order valence-corrected chi connectivity index (χ1v) is 10.2. The van der Waals surface area contributed by atoms with Crippen molar-refractivity contribution in [1.29, 1.82) is 0 Å². The molecule has 1 aromatic carbocycles. The topological polar surface area (TPSA) is 86.4 Å². The smallest absolute Gasteiger partial charge is 0.350 e. The van der Waals surface area contributed by atoms with Crippen LogP contribution in [0.2, 0.25) is 0 Å². The number of carbonyl (C=O) groups excluding carboxylic acids is 2. The lowest BCUT2D eigenvalue weighted by Gasteiger charge is -2.10. The Bertz CT molecular complexity index is 1290. The van der Waals surface area contributed by atoms with Gasteiger partial charge >= 0.3 is 5.97 Å². The van der Waals surface area contributed by atoms with Gasteiger partial charge in [0.15, 0.2) is 10.7 Å². The number of aryl methyl sites for hydroxylation is 1. The summed E-state index contributed by atoms with van der Waals surface area (Å²) in [6.07, 6.45) is 3.00. The van der Waals surface area contributed by atoms with Crippen LogP contribution in [0.15, 0.2) is 59.7 Å². The van der Waals surface area contributed by atoms with Crippen LogP contribution in [0.5, 0.6) is 0 Å². The standard InChI is InChI=1S/C22H18FN3O4S/c1-3-8-30-21(28)19-13(2)24-22(31-19)25-20(27)17-11-18-16(7-9-29-18)26(17)12-14-5-4-6-15(23)10-14/h3-7,9-11H,1,8,12H2,2H3,(H,24,25,27). The zero-order valence-electron chi connectivity index (χ0n) is 16.6. The van der Waals surface area contributed by atoms with Crippen LogP contribution in [0.1, 0.15) is 31.4 Å². The van der Waals surface area contributed by atoms with Crippen molar-refractivity contribution < 1.29 is 23.1 Å². The Kier molecular flexibility index (Phi) is 5.68. The van der Waals surface area contributed by atoms with E-state index in [0.717, 1.165) is 11.3 Å². The number of amides is 1. The summed E-state index contributed by atoms with van der Waals surface area (Å²) in [5.41, 5.74) is 2.72. The van der Waals surface area contributed by atoms with Gasteiger partial charge in [0.25, 0.3) is 5.91 Å². The summed E-state index contributed by atoms with van der Waals surface area (Å²) in [5.74, 6) is -1.31. The molecule has 0 fully saturated rings. The zero-order valence-corrected chi connectivity index (χ0v) is 17.4. The van der Waals surface area contributed by atoms with Crippen molar-refractivity contribution >= 4 is 39.4 Å². The molecule has 0 aliphatic heterocycles. The van der Waals surface area contributed by atoms with Crippen molar-refractivity contribution in [3.05, 3.63) is 83.0 Å². The molecule has 0 saturated carbocycles. The van der Waals surface area contributed by atoms with E-state index in [9.17, 15) is 14.0 Å². The second kappa shape index (κ2) is 8.57. The van der Waals surface area contributed by atoms with Crippen LogP contribution in [0.25, 0.3) is 11.1 Å². The Labute approximate surface area is 180 Å². The highest BCUT2D eigenvalue weighted by Gasteiger charge is 2.21. The molecule has 7 nitrogen and oxygen atoms in total. The summed E-state index contributed by atoms with van der Waals surface area (Å²) in [6, 6.07) is 9.53. The van der Waals surface area contributed by atoms with Crippen LogP contribution < -0.4 is 5.32 Å². The Hall–Kier alpha value is -3.72. The van der Waals surface area contributed by atoms with Gasteiger partial charge in [0.05, 0.1) is 17.5 Å². The predicted octanol–water partition coefficient (Wildman–Crippen LogP) is 4.78. The molecular weight excluding hydrogens is 421 g/mol. The minimum Gasteiger partial charge on any atom is -0.463 e. The lowest BCUT2D eigenvalue weighted by atomic mass is 10.2. The number of rotatable bonds is 7.